The topological polar surface area (TPSA) is 37.4 Å². The van der Waals surface area contributed by atoms with Gasteiger partial charge in [0.2, 0.25) is 0 Å². The smallest absolute Gasteiger partial charge is 0.152 e. The summed E-state index contributed by atoms with van der Waals surface area (Å²) in [5.74, 6) is 1.73. The van der Waals surface area contributed by atoms with Crippen LogP contribution in [0.15, 0.2) is 0 Å². The van der Waals surface area contributed by atoms with Crippen LogP contribution >= 0.6 is 12.6 Å². The van der Waals surface area contributed by atoms with Crippen molar-refractivity contribution in [3.63, 3.8) is 0 Å². The summed E-state index contributed by atoms with van der Waals surface area (Å²) in [5.41, 5.74) is 0. The Hall–Kier alpha value is 0.260. The molecule has 1 saturated heterocycles. The fourth-order valence-electron chi connectivity index (χ4n) is 2.30. The maximum absolute atomic E-state index is 11.3. The Morgan fingerprint density at radius 2 is 1.33 bits per heavy atom. The predicted molar refractivity (Wildman–Crippen MR) is 81.3 cm³/mol. The van der Waals surface area contributed by atoms with E-state index in [0.717, 1.165) is 25.4 Å². The normalized spacial score (nSPS) is 20.1. The Kier molecular flexibility index (Phi) is 8.35. The van der Waals surface area contributed by atoms with Gasteiger partial charge in [0.1, 0.15) is 0 Å². The zero-order valence-electron chi connectivity index (χ0n) is 11.3. The van der Waals surface area contributed by atoms with Crippen molar-refractivity contribution in [2.45, 2.75) is 44.9 Å². The first-order valence-corrected chi connectivity index (χ1v) is 9.63. The van der Waals surface area contributed by atoms with Gasteiger partial charge in [-0.25, -0.2) is 8.42 Å². The van der Waals surface area contributed by atoms with Gasteiger partial charge in [-0.15, -0.1) is 0 Å². The molecule has 18 heavy (non-hydrogen) atoms. The molecular weight excluding hydrogens is 266 g/mol. The zero-order valence-corrected chi connectivity index (χ0v) is 13.0. The minimum absolute atomic E-state index is 0.358. The van der Waals surface area contributed by atoms with Crippen LogP contribution in [-0.2, 0) is 9.84 Å². The lowest BCUT2D eigenvalue weighted by atomic mass is 10.1. The molecule has 0 radical (unpaired) electrons. The van der Waals surface area contributed by atoms with Crippen molar-refractivity contribution in [2.75, 3.05) is 36.9 Å². The van der Waals surface area contributed by atoms with Crippen molar-refractivity contribution >= 4 is 22.5 Å². The molecule has 0 atom stereocenters. The van der Waals surface area contributed by atoms with E-state index in [4.69, 9.17) is 0 Å². The first-order valence-electron chi connectivity index (χ1n) is 7.18. The van der Waals surface area contributed by atoms with Gasteiger partial charge in [0.05, 0.1) is 11.5 Å². The van der Waals surface area contributed by atoms with Crippen molar-refractivity contribution in [2.24, 2.45) is 0 Å². The second-order valence-electron chi connectivity index (χ2n) is 5.19. The standard InChI is InChI=1S/C13H27NO2S2/c15-18(16)12-9-14(10-13-18)8-6-4-2-1-3-5-7-11-17/h17H,1-13H2. The fraction of sp³-hybridized carbons (Fsp3) is 1.00. The van der Waals surface area contributed by atoms with Crippen LogP contribution in [0.5, 0.6) is 0 Å². The highest BCUT2D eigenvalue weighted by molar-refractivity contribution is 7.91. The highest BCUT2D eigenvalue weighted by Gasteiger charge is 2.20. The summed E-state index contributed by atoms with van der Waals surface area (Å²) in [7, 11) is -2.71. The monoisotopic (exact) mass is 293 g/mol. The van der Waals surface area contributed by atoms with Gasteiger partial charge >= 0.3 is 0 Å². The van der Waals surface area contributed by atoms with E-state index in [9.17, 15) is 8.42 Å². The van der Waals surface area contributed by atoms with Crippen molar-refractivity contribution < 1.29 is 8.42 Å². The van der Waals surface area contributed by atoms with Gasteiger partial charge in [0.25, 0.3) is 0 Å². The number of unbranched alkanes of at least 4 members (excludes halogenated alkanes) is 6. The van der Waals surface area contributed by atoms with E-state index < -0.39 is 9.84 Å². The maximum atomic E-state index is 11.3. The van der Waals surface area contributed by atoms with Gasteiger partial charge in [-0.05, 0) is 25.1 Å². The van der Waals surface area contributed by atoms with Crippen molar-refractivity contribution in [1.82, 2.24) is 4.90 Å². The molecule has 1 rings (SSSR count). The first kappa shape index (κ1) is 16.3. The van der Waals surface area contributed by atoms with Crippen molar-refractivity contribution in [3.8, 4) is 0 Å². The third-order valence-corrected chi connectivity index (χ3v) is 5.49. The largest absolute Gasteiger partial charge is 0.301 e. The summed E-state index contributed by atoms with van der Waals surface area (Å²) in [4.78, 5) is 2.29. The van der Waals surface area contributed by atoms with Gasteiger partial charge < -0.3 is 4.90 Å². The highest BCUT2D eigenvalue weighted by atomic mass is 32.2. The molecule has 0 unspecified atom stereocenters. The van der Waals surface area contributed by atoms with E-state index in [2.05, 4.69) is 17.5 Å². The summed E-state index contributed by atoms with van der Waals surface area (Å²) in [6.45, 7) is 2.56. The van der Waals surface area contributed by atoms with Crippen LogP contribution < -0.4 is 0 Å². The third-order valence-electron chi connectivity index (χ3n) is 3.57. The molecule has 1 heterocycles. The lowest BCUT2D eigenvalue weighted by molar-refractivity contribution is 0.287. The Labute approximate surface area is 118 Å². The number of hydrogen-bond acceptors (Lipinski definition) is 4. The molecule has 0 spiro atoms. The Morgan fingerprint density at radius 1 is 0.833 bits per heavy atom. The summed E-state index contributed by atoms with van der Waals surface area (Å²) >= 11 is 4.20. The summed E-state index contributed by atoms with van der Waals surface area (Å²) in [6, 6.07) is 0. The molecule has 0 aliphatic carbocycles. The van der Waals surface area contributed by atoms with E-state index in [1.54, 1.807) is 0 Å². The lowest BCUT2D eigenvalue weighted by Crippen LogP contribution is -2.40. The van der Waals surface area contributed by atoms with Crippen LogP contribution in [0.3, 0.4) is 0 Å². The molecule has 0 aromatic rings. The second kappa shape index (κ2) is 9.21. The molecule has 3 nitrogen and oxygen atoms in total. The van der Waals surface area contributed by atoms with E-state index in [0.29, 0.717) is 11.5 Å². The summed E-state index contributed by atoms with van der Waals surface area (Å²) < 4.78 is 22.5. The molecule has 1 aliphatic rings. The van der Waals surface area contributed by atoms with Gasteiger partial charge in [0, 0.05) is 13.1 Å². The predicted octanol–water partition coefficient (Wildman–Crippen LogP) is 2.38. The van der Waals surface area contributed by atoms with E-state index in [1.165, 1.54) is 44.9 Å². The average Bonchev–Trinajstić information content (AvgIpc) is 2.34. The molecule has 0 saturated carbocycles. The van der Waals surface area contributed by atoms with E-state index in [-0.39, 0.29) is 0 Å². The van der Waals surface area contributed by atoms with Gasteiger partial charge in [-0.3, -0.25) is 0 Å². The summed E-state index contributed by atoms with van der Waals surface area (Å²) in [6.07, 6.45) is 9.04. The van der Waals surface area contributed by atoms with Crippen LogP contribution in [0.4, 0.5) is 0 Å². The number of sulfone groups is 1. The number of thiol groups is 1. The molecule has 1 aliphatic heterocycles. The minimum atomic E-state index is -2.71. The number of nitrogens with zero attached hydrogens (tertiary/aromatic N) is 1. The minimum Gasteiger partial charge on any atom is -0.301 e. The molecule has 0 bridgehead atoms. The quantitative estimate of drug-likeness (QED) is 0.524. The molecule has 0 N–H and O–H groups in total. The third kappa shape index (κ3) is 7.64. The molecule has 1 fully saturated rings. The Morgan fingerprint density at radius 3 is 1.89 bits per heavy atom. The van der Waals surface area contributed by atoms with Crippen LogP contribution in [0.2, 0.25) is 0 Å². The van der Waals surface area contributed by atoms with Crippen LogP contribution in [-0.4, -0.2) is 50.2 Å². The van der Waals surface area contributed by atoms with E-state index in [1.807, 2.05) is 0 Å². The summed E-state index contributed by atoms with van der Waals surface area (Å²) in [5, 5.41) is 0. The molecule has 0 amide bonds. The van der Waals surface area contributed by atoms with E-state index >= 15 is 0 Å². The zero-order chi connectivity index (χ0) is 13.3. The molecule has 0 aromatic carbocycles. The van der Waals surface area contributed by atoms with Crippen molar-refractivity contribution in [3.05, 3.63) is 0 Å². The first-order chi connectivity index (χ1) is 8.64. The van der Waals surface area contributed by atoms with Crippen molar-refractivity contribution in [1.29, 1.82) is 0 Å². The maximum Gasteiger partial charge on any atom is 0.152 e. The Bertz CT molecular complexity index is 290. The molecule has 5 heteroatoms. The molecule has 0 aromatic heterocycles. The Balaban J connectivity index is 1.90. The van der Waals surface area contributed by atoms with Gasteiger partial charge in [-0.2, -0.15) is 12.6 Å². The number of hydrogen-bond donors (Lipinski definition) is 1. The van der Waals surface area contributed by atoms with Crippen LogP contribution in [0.25, 0.3) is 0 Å². The SMILES string of the molecule is O=S1(=O)CCN(CCCCCCCCCS)CC1. The average molecular weight is 293 g/mol. The van der Waals surface area contributed by atoms with Crippen LogP contribution in [0.1, 0.15) is 44.9 Å². The fourth-order valence-corrected chi connectivity index (χ4v) is 3.81. The molecule has 108 valence electrons. The van der Waals surface area contributed by atoms with Gasteiger partial charge in [-0.1, -0.05) is 32.1 Å². The van der Waals surface area contributed by atoms with Crippen LogP contribution in [0, 0.1) is 0 Å². The highest BCUT2D eigenvalue weighted by Crippen LogP contribution is 2.09. The second-order valence-corrected chi connectivity index (χ2v) is 7.94. The number of rotatable bonds is 9. The van der Waals surface area contributed by atoms with Gasteiger partial charge in [0.15, 0.2) is 9.84 Å². The molecular formula is C13H27NO2S2. The lowest BCUT2D eigenvalue weighted by Gasteiger charge is -2.26.